The minimum absolute atomic E-state index is 0.955. The van der Waals surface area contributed by atoms with Crippen LogP contribution in [-0.2, 0) is 0 Å². The molecule has 0 fully saturated rings. The number of aryl methyl sites for hydroxylation is 2. The van der Waals surface area contributed by atoms with Crippen LogP contribution in [0.2, 0.25) is 0 Å². The molecule has 226 valence electrons. The zero-order valence-corrected chi connectivity index (χ0v) is 28.0. The summed E-state index contributed by atoms with van der Waals surface area (Å²) < 4.78 is 5.28. The molecule has 0 aliphatic heterocycles. The summed E-state index contributed by atoms with van der Waals surface area (Å²) in [6.07, 6.45) is 0. The second kappa shape index (κ2) is 10.5. The molecule has 0 radical (unpaired) electrons. The predicted octanol–water partition coefficient (Wildman–Crippen LogP) is 13.1. The maximum absolute atomic E-state index is 5.06. The van der Waals surface area contributed by atoms with Crippen LogP contribution in [0.5, 0.6) is 0 Å². The van der Waals surface area contributed by atoms with Crippen LogP contribution >= 0.6 is 22.7 Å². The third-order valence-electron chi connectivity index (χ3n) is 9.58. The highest BCUT2D eigenvalue weighted by atomic mass is 32.1. The highest BCUT2D eigenvalue weighted by Crippen LogP contribution is 2.45. The topological polar surface area (TPSA) is 25.8 Å². The molecule has 4 heterocycles. The highest BCUT2D eigenvalue weighted by Gasteiger charge is 2.18. The number of benzene rings is 6. The Balaban J connectivity index is 1.30. The van der Waals surface area contributed by atoms with Crippen molar-refractivity contribution >= 4 is 84.8 Å². The SMILES string of the molecule is Cc1ccc2ccc3c(-c4cc(-c5cccc6c5sc5ccccc56)cc(-c5cccc6c5sc5ccccc56)c4)cc(C)nc3c2n1. The van der Waals surface area contributed by atoms with Gasteiger partial charge in [-0.15, -0.1) is 22.7 Å². The standard InChI is InChI=1S/C44H28N2S2/c1-25-17-18-27-19-20-35-38(21-26(2)46-42(35)41(27)45-25)30-23-28(31-11-7-13-36-33-9-3-5-15-39(33)47-43(31)36)22-29(24-30)32-12-8-14-37-34-10-4-6-16-40(34)48-44(32)37/h3-24H,1-2H3. The number of nitrogens with zero attached hydrogens (tertiary/aromatic N) is 2. The fraction of sp³-hybridized carbons (Fsp3) is 0.0455. The van der Waals surface area contributed by atoms with Gasteiger partial charge >= 0.3 is 0 Å². The van der Waals surface area contributed by atoms with E-state index in [2.05, 4.69) is 140 Å². The Hall–Kier alpha value is -5.42. The van der Waals surface area contributed by atoms with Crippen LogP contribution < -0.4 is 0 Å². The molecule has 0 amide bonds. The van der Waals surface area contributed by atoms with Crippen molar-refractivity contribution in [3.05, 3.63) is 145 Å². The summed E-state index contributed by atoms with van der Waals surface area (Å²) >= 11 is 3.77. The summed E-state index contributed by atoms with van der Waals surface area (Å²) in [6, 6.07) is 49.1. The van der Waals surface area contributed by atoms with E-state index < -0.39 is 0 Å². The van der Waals surface area contributed by atoms with Crippen molar-refractivity contribution in [1.29, 1.82) is 0 Å². The van der Waals surface area contributed by atoms with Gasteiger partial charge < -0.3 is 0 Å². The first-order chi connectivity index (χ1) is 23.6. The monoisotopic (exact) mass is 648 g/mol. The fourth-order valence-electron chi connectivity index (χ4n) is 7.38. The van der Waals surface area contributed by atoms with Gasteiger partial charge in [0.25, 0.3) is 0 Å². The van der Waals surface area contributed by atoms with E-state index in [0.717, 1.165) is 33.2 Å². The Morgan fingerprint density at radius 2 is 0.917 bits per heavy atom. The lowest BCUT2D eigenvalue weighted by Crippen LogP contribution is -1.93. The van der Waals surface area contributed by atoms with Gasteiger partial charge in [0.05, 0.1) is 11.0 Å². The molecule has 0 bridgehead atoms. The van der Waals surface area contributed by atoms with Crippen molar-refractivity contribution in [1.82, 2.24) is 9.97 Å². The average Bonchev–Trinajstić information content (AvgIpc) is 3.70. The first kappa shape index (κ1) is 27.7. The lowest BCUT2D eigenvalue weighted by molar-refractivity contribution is 1.23. The molecule has 0 aliphatic rings. The minimum Gasteiger partial charge on any atom is -0.251 e. The molecule has 48 heavy (non-hydrogen) atoms. The molecule has 0 saturated carbocycles. The van der Waals surface area contributed by atoms with Gasteiger partial charge in [0.15, 0.2) is 0 Å². The fourth-order valence-corrected chi connectivity index (χ4v) is 9.86. The normalized spacial score (nSPS) is 12.0. The summed E-state index contributed by atoms with van der Waals surface area (Å²) in [7, 11) is 0. The van der Waals surface area contributed by atoms with Crippen LogP contribution in [-0.4, -0.2) is 9.97 Å². The summed E-state index contributed by atoms with van der Waals surface area (Å²) in [5.74, 6) is 0. The van der Waals surface area contributed by atoms with E-state index in [1.165, 1.54) is 73.7 Å². The molecular weight excluding hydrogens is 621 g/mol. The van der Waals surface area contributed by atoms with E-state index in [1.54, 1.807) is 0 Å². The third kappa shape index (κ3) is 4.23. The molecule has 10 aromatic rings. The van der Waals surface area contributed by atoms with Gasteiger partial charge in [-0.1, -0.05) is 91.0 Å². The van der Waals surface area contributed by atoms with Gasteiger partial charge in [-0.25, -0.2) is 0 Å². The Bertz CT molecular complexity index is 2800. The summed E-state index contributed by atoms with van der Waals surface area (Å²) in [5, 5.41) is 7.48. The number of thiophene rings is 2. The second-order valence-corrected chi connectivity index (χ2v) is 14.8. The van der Waals surface area contributed by atoms with Gasteiger partial charge in [0, 0.05) is 62.5 Å². The lowest BCUT2D eigenvalue weighted by atomic mass is 9.90. The number of aromatic nitrogens is 2. The Kier molecular flexibility index (Phi) is 6.08. The van der Waals surface area contributed by atoms with Crippen molar-refractivity contribution in [2.24, 2.45) is 0 Å². The minimum atomic E-state index is 0.955. The van der Waals surface area contributed by atoms with E-state index in [-0.39, 0.29) is 0 Å². The number of rotatable bonds is 3. The van der Waals surface area contributed by atoms with Crippen molar-refractivity contribution in [2.75, 3.05) is 0 Å². The quantitative estimate of drug-likeness (QED) is 0.178. The molecule has 6 aromatic carbocycles. The van der Waals surface area contributed by atoms with E-state index in [0.29, 0.717) is 0 Å². The zero-order chi connectivity index (χ0) is 31.9. The van der Waals surface area contributed by atoms with E-state index >= 15 is 0 Å². The van der Waals surface area contributed by atoms with Gasteiger partial charge in [-0.3, -0.25) is 9.97 Å². The second-order valence-electron chi connectivity index (χ2n) is 12.7. The zero-order valence-electron chi connectivity index (χ0n) is 26.4. The predicted molar refractivity (Wildman–Crippen MR) is 209 cm³/mol. The Morgan fingerprint density at radius 3 is 1.54 bits per heavy atom. The van der Waals surface area contributed by atoms with Crippen LogP contribution in [0.15, 0.2) is 133 Å². The largest absolute Gasteiger partial charge is 0.251 e. The number of hydrogen-bond acceptors (Lipinski definition) is 4. The lowest BCUT2D eigenvalue weighted by Gasteiger charge is -2.15. The molecule has 10 rings (SSSR count). The first-order valence-electron chi connectivity index (χ1n) is 16.2. The third-order valence-corrected chi connectivity index (χ3v) is 12.0. The maximum Gasteiger partial charge on any atom is 0.0974 e. The van der Waals surface area contributed by atoms with Crippen LogP contribution in [0.4, 0.5) is 0 Å². The number of pyridine rings is 2. The van der Waals surface area contributed by atoms with Gasteiger partial charge in [0.2, 0.25) is 0 Å². The van der Waals surface area contributed by atoms with Crippen molar-refractivity contribution < 1.29 is 0 Å². The van der Waals surface area contributed by atoms with E-state index in [4.69, 9.17) is 9.97 Å². The first-order valence-corrected chi connectivity index (χ1v) is 17.9. The van der Waals surface area contributed by atoms with Crippen molar-refractivity contribution in [3.8, 4) is 33.4 Å². The van der Waals surface area contributed by atoms with Gasteiger partial charge in [-0.05, 0) is 89.7 Å². The van der Waals surface area contributed by atoms with E-state index in [9.17, 15) is 0 Å². The summed E-state index contributed by atoms with van der Waals surface area (Å²) in [6.45, 7) is 4.14. The van der Waals surface area contributed by atoms with Gasteiger partial charge in [0.1, 0.15) is 0 Å². The number of hydrogen-bond donors (Lipinski definition) is 0. The smallest absolute Gasteiger partial charge is 0.0974 e. The molecule has 0 spiro atoms. The molecular formula is C44H28N2S2. The highest BCUT2D eigenvalue weighted by molar-refractivity contribution is 7.26. The molecule has 0 saturated heterocycles. The van der Waals surface area contributed by atoms with Crippen LogP contribution in [0.1, 0.15) is 11.4 Å². The summed E-state index contributed by atoms with van der Waals surface area (Å²) in [5.41, 5.74) is 11.2. The Morgan fingerprint density at radius 1 is 0.396 bits per heavy atom. The molecule has 0 N–H and O–H groups in total. The molecule has 0 unspecified atom stereocenters. The van der Waals surface area contributed by atoms with Crippen molar-refractivity contribution in [3.63, 3.8) is 0 Å². The maximum atomic E-state index is 5.06. The molecule has 4 heteroatoms. The molecule has 0 atom stereocenters. The summed E-state index contributed by atoms with van der Waals surface area (Å²) in [4.78, 5) is 10.0. The van der Waals surface area contributed by atoms with E-state index in [1.807, 2.05) is 29.6 Å². The van der Waals surface area contributed by atoms with Gasteiger partial charge in [-0.2, -0.15) is 0 Å². The van der Waals surface area contributed by atoms with Crippen LogP contribution in [0.25, 0.3) is 95.5 Å². The van der Waals surface area contributed by atoms with Crippen molar-refractivity contribution in [2.45, 2.75) is 13.8 Å². The average molecular weight is 649 g/mol. The molecule has 0 aliphatic carbocycles. The molecule has 4 aromatic heterocycles. The Labute approximate surface area is 285 Å². The van der Waals surface area contributed by atoms with Crippen LogP contribution in [0, 0.1) is 13.8 Å². The van der Waals surface area contributed by atoms with Crippen LogP contribution in [0.3, 0.4) is 0 Å². The number of fused-ring (bicyclic) bond motifs is 9. The molecule has 2 nitrogen and oxygen atoms in total.